The van der Waals surface area contributed by atoms with Gasteiger partial charge in [-0.25, -0.2) is 0 Å². The molecule has 0 heterocycles. The first-order chi connectivity index (χ1) is 36.0. The second kappa shape index (κ2) is 60.9. The lowest BCUT2D eigenvalue weighted by atomic mass is 10.1. The number of allylic oxidation sites excluding steroid dienone is 16. The van der Waals surface area contributed by atoms with Crippen molar-refractivity contribution in [1.29, 1.82) is 0 Å². The number of unbranched alkanes of at least 4 members (excludes halogenated alkanes) is 28. The average molecular weight is 1020 g/mol. The van der Waals surface area contributed by atoms with E-state index in [9.17, 15) is 14.4 Å². The number of rotatable bonds is 55. The molecule has 0 bridgehead atoms. The second-order valence-corrected chi connectivity index (χ2v) is 20.2. The first-order valence-electron chi connectivity index (χ1n) is 30.7. The van der Waals surface area contributed by atoms with Crippen molar-refractivity contribution in [2.75, 3.05) is 13.2 Å². The highest BCUT2D eigenvalue weighted by atomic mass is 16.6. The van der Waals surface area contributed by atoms with Gasteiger partial charge in [0.25, 0.3) is 0 Å². The minimum atomic E-state index is -0.783. The predicted molar refractivity (Wildman–Crippen MR) is 316 cm³/mol. The van der Waals surface area contributed by atoms with Gasteiger partial charge < -0.3 is 14.2 Å². The Morgan fingerprint density at radius 2 is 0.534 bits per heavy atom. The summed E-state index contributed by atoms with van der Waals surface area (Å²) in [5.41, 5.74) is 0. The van der Waals surface area contributed by atoms with Crippen molar-refractivity contribution >= 4 is 17.9 Å². The summed E-state index contributed by atoms with van der Waals surface area (Å²) >= 11 is 0. The van der Waals surface area contributed by atoms with Crippen LogP contribution in [0.15, 0.2) is 97.2 Å². The van der Waals surface area contributed by atoms with Gasteiger partial charge in [-0.05, 0) is 96.3 Å². The highest BCUT2D eigenvalue weighted by Gasteiger charge is 2.19. The van der Waals surface area contributed by atoms with Crippen molar-refractivity contribution in [1.82, 2.24) is 0 Å². The molecule has 0 fully saturated rings. The molecule has 6 heteroatoms. The summed E-state index contributed by atoms with van der Waals surface area (Å²) < 4.78 is 16.9. The maximum absolute atomic E-state index is 12.9. The molecule has 0 radical (unpaired) electrons. The number of hydrogen-bond acceptors (Lipinski definition) is 6. The molecule has 73 heavy (non-hydrogen) atoms. The van der Waals surface area contributed by atoms with Gasteiger partial charge >= 0.3 is 17.9 Å². The maximum Gasteiger partial charge on any atom is 0.306 e. The minimum Gasteiger partial charge on any atom is -0.462 e. The molecule has 1 unspecified atom stereocenters. The summed E-state index contributed by atoms with van der Waals surface area (Å²) in [6, 6.07) is 0. The summed E-state index contributed by atoms with van der Waals surface area (Å²) in [6.07, 6.45) is 81.2. The third-order valence-electron chi connectivity index (χ3n) is 13.1. The Hall–Kier alpha value is -3.67. The lowest BCUT2D eigenvalue weighted by Gasteiger charge is -2.18. The van der Waals surface area contributed by atoms with Crippen LogP contribution >= 0.6 is 0 Å². The van der Waals surface area contributed by atoms with Gasteiger partial charge in [0.15, 0.2) is 6.10 Å². The van der Waals surface area contributed by atoms with Gasteiger partial charge in [-0.2, -0.15) is 0 Å². The van der Waals surface area contributed by atoms with E-state index in [2.05, 4.69) is 118 Å². The zero-order chi connectivity index (χ0) is 52.9. The molecule has 0 saturated heterocycles. The number of carbonyl (C=O) groups is 3. The van der Waals surface area contributed by atoms with Crippen LogP contribution in [0.1, 0.15) is 290 Å². The van der Waals surface area contributed by atoms with Crippen LogP contribution < -0.4 is 0 Å². The molecule has 0 aromatic carbocycles. The van der Waals surface area contributed by atoms with Crippen LogP contribution in [0.4, 0.5) is 0 Å². The van der Waals surface area contributed by atoms with Crippen molar-refractivity contribution in [3.63, 3.8) is 0 Å². The van der Waals surface area contributed by atoms with E-state index in [0.717, 1.165) is 116 Å². The molecule has 0 aromatic heterocycles. The van der Waals surface area contributed by atoms with Crippen molar-refractivity contribution in [2.24, 2.45) is 0 Å². The summed E-state index contributed by atoms with van der Waals surface area (Å²) in [5, 5.41) is 0. The molecule has 1 atom stereocenters. The molecule has 6 nitrogen and oxygen atoms in total. The van der Waals surface area contributed by atoms with Crippen LogP contribution in [0.3, 0.4) is 0 Å². The molecule has 0 spiro atoms. The van der Waals surface area contributed by atoms with E-state index in [1.165, 1.54) is 135 Å². The summed E-state index contributed by atoms with van der Waals surface area (Å²) in [7, 11) is 0. The van der Waals surface area contributed by atoms with Gasteiger partial charge in [0, 0.05) is 19.3 Å². The van der Waals surface area contributed by atoms with E-state index in [0.29, 0.717) is 19.3 Å². The monoisotopic (exact) mass is 1010 g/mol. The van der Waals surface area contributed by atoms with Crippen LogP contribution in [0.25, 0.3) is 0 Å². The van der Waals surface area contributed by atoms with Crippen LogP contribution in [-0.4, -0.2) is 37.2 Å². The molecule has 0 aliphatic carbocycles. The fourth-order valence-electron chi connectivity index (χ4n) is 8.54. The van der Waals surface area contributed by atoms with Gasteiger partial charge in [-0.15, -0.1) is 0 Å². The van der Waals surface area contributed by atoms with Crippen molar-refractivity contribution in [3.8, 4) is 0 Å². The minimum absolute atomic E-state index is 0.0799. The van der Waals surface area contributed by atoms with Gasteiger partial charge in [0.05, 0.1) is 0 Å². The van der Waals surface area contributed by atoms with Crippen molar-refractivity contribution in [3.05, 3.63) is 97.2 Å². The highest BCUT2D eigenvalue weighted by molar-refractivity contribution is 5.71. The normalized spacial score (nSPS) is 12.8. The average Bonchev–Trinajstić information content (AvgIpc) is 3.39. The first kappa shape index (κ1) is 69.3. The molecule has 0 saturated carbocycles. The Kier molecular flexibility index (Phi) is 57.8. The molecular weight excluding hydrogens is 901 g/mol. The molecule has 0 rings (SSSR count). The Bertz CT molecular complexity index is 1440. The van der Waals surface area contributed by atoms with E-state index < -0.39 is 6.10 Å². The van der Waals surface area contributed by atoms with Crippen LogP contribution in [0, 0.1) is 0 Å². The van der Waals surface area contributed by atoms with Gasteiger partial charge in [0.2, 0.25) is 0 Å². The molecule has 0 aliphatic heterocycles. The number of hydrogen-bond donors (Lipinski definition) is 0. The summed E-state index contributed by atoms with van der Waals surface area (Å²) in [6.45, 7) is 6.42. The Balaban J connectivity index is 4.32. The summed E-state index contributed by atoms with van der Waals surface area (Å²) in [5.74, 6) is -0.885. The first-order valence-corrected chi connectivity index (χ1v) is 30.7. The fourth-order valence-corrected chi connectivity index (χ4v) is 8.54. The third kappa shape index (κ3) is 59.1. The fraction of sp³-hybridized carbons (Fsp3) is 0.716. The lowest BCUT2D eigenvalue weighted by Crippen LogP contribution is -2.30. The highest BCUT2D eigenvalue weighted by Crippen LogP contribution is 2.16. The van der Waals surface area contributed by atoms with Gasteiger partial charge in [-0.3, -0.25) is 14.4 Å². The molecular formula is C67H114O6. The smallest absolute Gasteiger partial charge is 0.306 e. The number of esters is 3. The van der Waals surface area contributed by atoms with Crippen LogP contribution in [-0.2, 0) is 28.6 Å². The van der Waals surface area contributed by atoms with E-state index in [-0.39, 0.29) is 31.1 Å². The molecule has 0 N–H and O–H groups in total. The van der Waals surface area contributed by atoms with E-state index in [1.807, 2.05) is 0 Å². The largest absolute Gasteiger partial charge is 0.462 e. The van der Waals surface area contributed by atoms with Gasteiger partial charge in [-0.1, -0.05) is 272 Å². The van der Waals surface area contributed by atoms with E-state index in [4.69, 9.17) is 14.2 Å². The topological polar surface area (TPSA) is 78.9 Å². The standard InChI is InChI=1S/C67H114O6/c1-4-7-10-13-16-19-22-24-26-28-30-32-33-35-36-38-40-42-45-48-51-54-57-60-66(69)72-63-64(62-71-65(68)59-56-53-50-47-44-21-18-15-12-9-6-3)73-67(70)61-58-55-52-49-46-43-41-39-37-34-31-29-27-25-23-20-17-14-11-8-5-2/h7-8,10-11,16-17,19-20,24-27,30-32,34,64H,4-6,9,12-15,18,21-23,28-29,33,35-63H2,1-3H3/b10-7-,11-8-,19-16-,20-17-,26-24-,27-25-,32-30-,34-31-. The second-order valence-electron chi connectivity index (χ2n) is 20.2. The Labute approximate surface area is 451 Å². The van der Waals surface area contributed by atoms with E-state index >= 15 is 0 Å². The Morgan fingerprint density at radius 1 is 0.288 bits per heavy atom. The zero-order valence-electron chi connectivity index (χ0n) is 47.9. The molecule has 0 aliphatic rings. The van der Waals surface area contributed by atoms with Crippen LogP contribution in [0.5, 0.6) is 0 Å². The molecule has 418 valence electrons. The van der Waals surface area contributed by atoms with E-state index in [1.54, 1.807) is 0 Å². The summed E-state index contributed by atoms with van der Waals surface area (Å²) in [4.78, 5) is 38.2. The Morgan fingerprint density at radius 3 is 0.836 bits per heavy atom. The van der Waals surface area contributed by atoms with Gasteiger partial charge in [0.1, 0.15) is 13.2 Å². The number of ether oxygens (including phenoxy) is 3. The maximum atomic E-state index is 12.9. The zero-order valence-corrected chi connectivity index (χ0v) is 47.9. The van der Waals surface area contributed by atoms with Crippen molar-refractivity contribution in [2.45, 2.75) is 297 Å². The molecule has 0 aromatic rings. The quantitative estimate of drug-likeness (QED) is 0.0261. The van der Waals surface area contributed by atoms with Crippen LogP contribution in [0.2, 0.25) is 0 Å². The third-order valence-corrected chi connectivity index (χ3v) is 13.1. The number of carbonyl (C=O) groups excluding carboxylic acids is 3. The van der Waals surface area contributed by atoms with Crippen molar-refractivity contribution < 1.29 is 28.6 Å². The molecule has 0 amide bonds. The SMILES string of the molecule is CC/C=C\C/C=C\C/C=C\C/C=C\CCCCCCCCCCCCC(=O)OCC(COC(=O)CCCCCCCCCCCCC)OC(=O)CCCCCCCCCC/C=C\C/C=C\C/C=C\C/C=C\CC. The predicted octanol–water partition coefficient (Wildman–Crippen LogP) is 20.9. The lowest BCUT2D eigenvalue weighted by molar-refractivity contribution is -0.167.